The summed E-state index contributed by atoms with van der Waals surface area (Å²) >= 11 is 6.49. The van der Waals surface area contributed by atoms with Gasteiger partial charge in [-0.25, -0.2) is 4.39 Å². The Bertz CT molecular complexity index is 1050. The van der Waals surface area contributed by atoms with Gasteiger partial charge in [-0.1, -0.05) is 54.8 Å². The number of carbonyl (C=O) groups is 1. The van der Waals surface area contributed by atoms with E-state index in [4.69, 9.17) is 11.6 Å². The van der Waals surface area contributed by atoms with Crippen LogP contribution in [0.15, 0.2) is 48.5 Å². The maximum absolute atomic E-state index is 14.4. The van der Waals surface area contributed by atoms with Crippen LogP contribution in [0.5, 0.6) is 0 Å². The highest BCUT2D eigenvalue weighted by molar-refractivity contribution is 6.31. The van der Waals surface area contributed by atoms with Crippen LogP contribution in [0.4, 0.5) is 10.1 Å². The maximum Gasteiger partial charge on any atom is 0.222 e. The summed E-state index contributed by atoms with van der Waals surface area (Å²) in [5.74, 6) is 0.624. The molecular weight excluding hydrogens is 499 g/mol. The van der Waals surface area contributed by atoms with Gasteiger partial charge in [0, 0.05) is 69.8 Å². The van der Waals surface area contributed by atoms with Gasteiger partial charge in [-0.15, -0.1) is 0 Å². The van der Waals surface area contributed by atoms with E-state index in [1.54, 1.807) is 12.1 Å². The quantitative estimate of drug-likeness (QED) is 0.452. The average Bonchev–Trinajstić information content (AvgIpc) is 3.24. The summed E-state index contributed by atoms with van der Waals surface area (Å²) in [6.07, 6.45) is 7.40. The molecule has 7 heteroatoms. The van der Waals surface area contributed by atoms with Gasteiger partial charge in [-0.2, -0.15) is 0 Å². The Balaban J connectivity index is 1.23. The molecule has 3 aliphatic rings. The number of piperidine rings is 1. The molecule has 2 aromatic rings. The molecule has 3 aliphatic heterocycles. The van der Waals surface area contributed by atoms with Gasteiger partial charge < -0.3 is 9.80 Å². The third-order valence-corrected chi connectivity index (χ3v) is 9.16. The number of rotatable bonds is 7. The van der Waals surface area contributed by atoms with Crippen LogP contribution in [-0.4, -0.2) is 79.0 Å². The molecule has 3 fully saturated rings. The average molecular weight is 541 g/mol. The van der Waals surface area contributed by atoms with Gasteiger partial charge >= 0.3 is 0 Å². The Hall–Kier alpha value is -2.15. The third kappa shape index (κ3) is 6.88. The van der Waals surface area contributed by atoms with Crippen molar-refractivity contribution in [3.8, 4) is 0 Å². The normalized spacial score (nSPS) is 23.8. The first kappa shape index (κ1) is 27.4. The number of para-hydroxylation sites is 1. The fourth-order valence-electron chi connectivity index (χ4n) is 6.66. The summed E-state index contributed by atoms with van der Waals surface area (Å²) in [7, 11) is 0. The zero-order valence-electron chi connectivity index (χ0n) is 22.5. The smallest absolute Gasteiger partial charge is 0.222 e. The Morgan fingerprint density at radius 3 is 2.32 bits per heavy atom. The fourth-order valence-corrected chi connectivity index (χ4v) is 6.86. The van der Waals surface area contributed by atoms with Crippen molar-refractivity contribution in [2.45, 2.75) is 57.5 Å². The minimum atomic E-state index is -0.140. The zero-order valence-corrected chi connectivity index (χ0v) is 23.3. The largest absolute Gasteiger partial charge is 0.367 e. The van der Waals surface area contributed by atoms with Crippen LogP contribution in [0.3, 0.4) is 0 Å². The van der Waals surface area contributed by atoms with Crippen LogP contribution < -0.4 is 4.90 Å². The van der Waals surface area contributed by atoms with E-state index in [2.05, 4.69) is 31.7 Å². The van der Waals surface area contributed by atoms with E-state index < -0.39 is 0 Å². The molecule has 3 heterocycles. The highest BCUT2D eigenvalue weighted by Gasteiger charge is 2.35. The second-order valence-corrected chi connectivity index (χ2v) is 11.7. The second kappa shape index (κ2) is 13.3. The molecule has 0 bridgehead atoms. The van der Waals surface area contributed by atoms with Crippen LogP contribution in [0.25, 0.3) is 0 Å². The number of hydrogen-bond donors (Lipinski definition) is 0. The molecule has 0 N–H and O–H groups in total. The maximum atomic E-state index is 14.4. The van der Waals surface area contributed by atoms with E-state index in [-0.39, 0.29) is 5.82 Å². The summed E-state index contributed by atoms with van der Waals surface area (Å²) in [5, 5.41) is 0.826. The number of benzene rings is 2. The summed E-state index contributed by atoms with van der Waals surface area (Å²) < 4.78 is 14.4. The fraction of sp³-hybridized carbons (Fsp3) is 0.581. The van der Waals surface area contributed by atoms with Crippen molar-refractivity contribution in [1.29, 1.82) is 0 Å². The van der Waals surface area contributed by atoms with Crippen LogP contribution in [0.2, 0.25) is 5.02 Å². The summed E-state index contributed by atoms with van der Waals surface area (Å²) in [4.78, 5) is 22.6. The van der Waals surface area contributed by atoms with Crippen molar-refractivity contribution in [2.75, 3.05) is 57.3 Å². The van der Waals surface area contributed by atoms with Crippen molar-refractivity contribution in [3.05, 3.63) is 64.9 Å². The number of carbonyl (C=O) groups excluding carboxylic acids is 1. The molecule has 5 nitrogen and oxygen atoms in total. The first-order chi connectivity index (χ1) is 18.6. The highest BCUT2D eigenvalue weighted by Crippen LogP contribution is 2.30. The Morgan fingerprint density at radius 2 is 1.58 bits per heavy atom. The monoisotopic (exact) mass is 540 g/mol. The number of halogens is 2. The minimum absolute atomic E-state index is 0.140. The number of anilines is 1. The van der Waals surface area contributed by atoms with Gasteiger partial charge in [0.1, 0.15) is 5.82 Å². The topological polar surface area (TPSA) is 30.0 Å². The molecule has 3 saturated heterocycles. The summed E-state index contributed by atoms with van der Waals surface area (Å²) in [5.41, 5.74) is 1.88. The molecular formula is C31H42ClFN4O. The van der Waals surface area contributed by atoms with E-state index in [0.29, 0.717) is 30.0 Å². The molecule has 0 radical (unpaired) electrons. The van der Waals surface area contributed by atoms with E-state index in [1.807, 2.05) is 24.3 Å². The van der Waals surface area contributed by atoms with Crippen molar-refractivity contribution in [2.24, 2.45) is 5.92 Å². The molecule has 5 rings (SSSR count). The standard InChI is InChI=1S/C31H42ClFN4O/c32-27-10-4-3-9-25(27)23-34-18-15-29(26(24-34)13-14-31(38)37-16-7-1-2-8-17-37)35-19-21-36(22-20-35)30-12-6-5-11-28(30)33/h3-6,9-12,26,29H,1-2,7-8,13-24H2/t26-,29+/m0/s1. The van der Waals surface area contributed by atoms with E-state index in [0.717, 1.165) is 89.6 Å². The lowest BCUT2D eigenvalue weighted by atomic mass is 9.86. The molecule has 1 amide bonds. The molecule has 0 unspecified atom stereocenters. The minimum Gasteiger partial charge on any atom is -0.367 e. The first-order valence-electron chi connectivity index (χ1n) is 14.6. The van der Waals surface area contributed by atoms with Crippen molar-refractivity contribution in [3.63, 3.8) is 0 Å². The molecule has 38 heavy (non-hydrogen) atoms. The van der Waals surface area contributed by atoms with Crippen LogP contribution >= 0.6 is 11.6 Å². The number of nitrogens with zero attached hydrogens (tertiary/aromatic N) is 4. The molecule has 0 spiro atoms. The number of likely N-dealkylation sites (tertiary alicyclic amines) is 2. The van der Waals surface area contributed by atoms with E-state index in [9.17, 15) is 9.18 Å². The summed E-state index contributed by atoms with van der Waals surface area (Å²) in [6.45, 7) is 8.23. The zero-order chi connectivity index (χ0) is 26.3. The van der Waals surface area contributed by atoms with Gasteiger partial charge in [0.2, 0.25) is 5.91 Å². The van der Waals surface area contributed by atoms with Crippen molar-refractivity contribution >= 4 is 23.2 Å². The Morgan fingerprint density at radius 1 is 0.868 bits per heavy atom. The molecule has 0 aliphatic carbocycles. The van der Waals surface area contributed by atoms with Gasteiger partial charge in [-0.3, -0.25) is 14.6 Å². The second-order valence-electron chi connectivity index (χ2n) is 11.3. The van der Waals surface area contributed by atoms with Crippen LogP contribution in [0.1, 0.15) is 50.5 Å². The van der Waals surface area contributed by atoms with E-state index in [1.165, 1.54) is 18.4 Å². The molecule has 2 atom stereocenters. The lowest BCUT2D eigenvalue weighted by molar-refractivity contribution is -0.131. The Kier molecular flexibility index (Phi) is 9.58. The number of piperazine rings is 1. The molecule has 206 valence electrons. The van der Waals surface area contributed by atoms with Gasteiger partial charge in [0.05, 0.1) is 5.69 Å². The van der Waals surface area contributed by atoms with Crippen molar-refractivity contribution < 1.29 is 9.18 Å². The Labute approximate surface area is 232 Å². The lowest BCUT2D eigenvalue weighted by Crippen LogP contribution is -2.57. The predicted octanol–water partition coefficient (Wildman–Crippen LogP) is 5.67. The number of amides is 1. The van der Waals surface area contributed by atoms with Crippen LogP contribution in [0, 0.1) is 11.7 Å². The van der Waals surface area contributed by atoms with Gasteiger partial charge in [0.25, 0.3) is 0 Å². The molecule has 2 aromatic carbocycles. The van der Waals surface area contributed by atoms with E-state index >= 15 is 0 Å². The first-order valence-corrected chi connectivity index (χ1v) is 14.9. The lowest BCUT2D eigenvalue weighted by Gasteiger charge is -2.47. The van der Waals surface area contributed by atoms with Crippen molar-refractivity contribution in [1.82, 2.24) is 14.7 Å². The van der Waals surface area contributed by atoms with Gasteiger partial charge in [-0.05, 0) is 61.9 Å². The highest BCUT2D eigenvalue weighted by atomic mass is 35.5. The predicted molar refractivity (Wildman–Crippen MR) is 153 cm³/mol. The number of hydrogen-bond acceptors (Lipinski definition) is 4. The van der Waals surface area contributed by atoms with Crippen LogP contribution in [-0.2, 0) is 11.3 Å². The summed E-state index contributed by atoms with van der Waals surface area (Å²) in [6, 6.07) is 15.7. The SMILES string of the molecule is O=C(CC[C@H]1CN(Cc2ccccc2Cl)CC[C@H]1N1CCN(c2ccccc2F)CC1)N1CCCCCC1. The molecule has 0 saturated carbocycles. The molecule has 0 aromatic heterocycles. The van der Waals surface area contributed by atoms with Gasteiger partial charge in [0.15, 0.2) is 0 Å². The third-order valence-electron chi connectivity index (χ3n) is 8.79.